The van der Waals surface area contributed by atoms with E-state index in [0.717, 1.165) is 18.4 Å². The number of aliphatic imine (C=N–C) groups is 2. The smallest absolute Gasteiger partial charge is 0.166 e. The van der Waals surface area contributed by atoms with E-state index >= 15 is 0 Å². The van der Waals surface area contributed by atoms with Gasteiger partial charge in [-0.05, 0) is 26.7 Å². The molecule has 0 N–H and O–H groups in total. The SMILES string of the molecule is CC1(C)C=NC(C2=CCCCC2=O)=N1. The number of ketones is 1. The van der Waals surface area contributed by atoms with Gasteiger partial charge in [0.2, 0.25) is 0 Å². The van der Waals surface area contributed by atoms with Crippen molar-refractivity contribution in [1.29, 1.82) is 0 Å². The van der Waals surface area contributed by atoms with E-state index < -0.39 is 0 Å². The molecule has 0 radical (unpaired) electrons. The second-order valence-corrected chi connectivity index (χ2v) is 4.28. The van der Waals surface area contributed by atoms with Gasteiger partial charge in [0.05, 0.1) is 11.1 Å². The maximum Gasteiger partial charge on any atom is 0.166 e. The van der Waals surface area contributed by atoms with Crippen LogP contribution in [0.4, 0.5) is 0 Å². The minimum absolute atomic E-state index is 0.185. The molecule has 0 bridgehead atoms. The minimum Gasteiger partial charge on any atom is -0.294 e. The third-order valence-corrected chi connectivity index (χ3v) is 2.39. The van der Waals surface area contributed by atoms with E-state index in [0.29, 0.717) is 12.3 Å². The van der Waals surface area contributed by atoms with E-state index in [1.165, 1.54) is 0 Å². The van der Waals surface area contributed by atoms with Crippen molar-refractivity contribution < 1.29 is 4.79 Å². The predicted octanol–water partition coefficient (Wildman–Crippen LogP) is 1.93. The van der Waals surface area contributed by atoms with Crippen LogP contribution in [0.2, 0.25) is 0 Å². The molecule has 1 aliphatic carbocycles. The first-order valence-electron chi connectivity index (χ1n) is 4.97. The largest absolute Gasteiger partial charge is 0.294 e. The highest BCUT2D eigenvalue weighted by atomic mass is 16.1. The van der Waals surface area contributed by atoms with Crippen molar-refractivity contribution in [3.63, 3.8) is 0 Å². The molecule has 0 spiro atoms. The Morgan fingerprint density at radius 2 is 2.21 bits per heavy atom. The van der Waals surface area contributed by atoms with Gasteiger partial charge in [-0.15, -0.1) is 0 Å². The molecule has 0 aromatic rings. The third-order valence-electron chi connectivity index (χ3n) is 2.39. The molecule has 0 saturated carbocycles. The van der Waals surface area contributed by atoms with Gasteiger partial charge in [0.15, 0.2) is 11.6 Å². The average molecular weight is 190 g/mol. The maximum absolute atomic E-state index is 11.6. The molecular weight excluding hydrogens is 176 g/mol. The van der Waals surface area contributed by atoms with Crippen molar-refractivity contribution in [2.45, 2.75) is 38.6 Å². The number of hydrogen-bond donors (Lipinski definition) is 0. The summed E-state index contributed by atoms with van der Waals surface area (Å²) in [6.07, 6.45) is 6.33. The lowest BCUT2D eigenvalue weighted by Gasteiger charge is -2.11. The summed E-state index contributed by atoms with van der Waals surface area (Å²) in [7, 11) is 0. The Morgan fingerprint density at radius 1 is 1.43 bits per heavy atom. The van der Waals surface area contributed by atoms with Crippen LogP contribution < -0.4 is 0 Å². The first kappa shape index (κ1) is 9.31. The number of Topliss-reactive ketones (excluding diaryl/α,β-unsaturated/α-hetero) is 1. The Bertz CT molecular complexity index is 361. The topological polar surface area (TPSA) is 41.8 Å². The van der Waals surface area contributed by atoms with Crippen LogP contribution in [0, 0.1) is 0 Å². The Morgan fingerprint density at radius 3 is 2.79 bits per heavy atom. The molecule has 2 aliphatic rings. The van der Waals surface area contributed by atoms with Crippen LogP contribution in [0.25, 0.3) is 0 Å². The molecule has 0 aromatic heterocycles. The summed E-state index contributed by atoms with van der Waals surface area (Å²) in [6.45, 7) is 3.97. The van der Waals surface area contributed by atoms with Crippen LogP contribution in [0.15, 0.2) is 21.6 Å². The molecule has 2 rings (SSSR count). The van der Waals surface area contributed by atoms with E-state index in [2.05, 4.69) is 9.98 Å². The first-order chi connectivity index (χ1) is 6.58. The van der Waals surface area contributed by atoms with E-state index in [-0.39, 0.29) is 11.3 Å². The van der Waals surface area contributed by atoms with Gasteiger partial charge in [-0.25, -0.2) is 4.99 Å². The minimum atomic E-state index is -0.242. The lowest BCUT2D eigenvalue weighted by Crippen LogP contribution is -2.17. The standard InChI is InChI=1S/C11H14N2O/c1-11(2)7-12-10(13-11)8-5-3-4-6-9(8)14/h5,7H,3-4,6H2,1-2H3. The normalized spacial score (nSPS) is 24.9. The second-order valence-electron chi connectivity index (χ2n) is 4.28. The van der Waals surface area contributed by atoms with Crippen molar-refractivity contribution in [3.8, 4) is 0 Å². The summed E-state index contributed by atoms with van der Waals surface area (Å²) in [6, 6.07) is 0. The van der Waals surface area contributed by atoms with Gasteiger partial charge in [0, 0.05) is 12.6 Å². The van der Waals surface area contributed by atoms with Gasteiger partial charge < -0.3 is 0 Å². The number of amidine groups is 1. The second kappa shape index (κ2) is 3.15. The molecule has 0 amide bonds. The number of carbonyl (C=O) groups is 1. The molecule has 0 atom stereocenters. The number of nitrogens with zero attached hydrogens (tertiary/aromatic N) is 2. The van der Waals surface area contributed by atoms with Crippen molar-refractivity contribution >= 4 is 17.8 Å². The van der Waals surface area contributed by atoms with Crippen LogP contribution in [0.3, 0.4) is 0 Å². The number of allylic oxidation sites excluding steroid dienone is 1. The molecule has 0 fully saturated rings. The Kier molecular flexibility index (Phi) is 2.10. The van der Waals surface area contributed by atoms with Gasteiger partial charge in [-0.2, -0.15) is 0 Å². The predicted molar refractivity (Wildman–Crippen MR) is 56.9 cm³/mol. The van der Waals surface area contributed by atoms with Crippen LogP contribution in [0.5, 0.6) is 0 Å². The van der Waals surface area contributed by atoms with Gasteiger partial charge in [-0.1, -0.05) is 6.08 Å². The van der Waals surface area contributed by atoms with Crippen LogP contribution in [0.1, 0.15) is 33.1 Å². The molecule has 3 nitrogen and oxygen atoms in total. The van der Waals surface area contributed by atoms with Gasteiger partial charge in [-0.3, -0.25) is 9.79 Å². The third kappa shape index (κ3) is 1.67. The highest BCUT2D eigenvalue weighted by Crippen LogP contribution is 2.21. The van der Waals surface area contributed by atoms with Crippen molar-refractivity contribution in [3.05, 3.63) is 11.6 Å². The zero-order valence-corrected chi connectivity index (χ0v) is 8.58. The van der Waals surface area contributed by atoms with E-state index in [9.17, 15) is 4.79 Å². The summed E-state index contributed by atoms with van der Waals surface area (Å²) in [5.74, 6) is 0.810. The fourth-order valence-corrected chi connectivity index (χ4v) is 1.65. The summed E-state index contributed by atoms with van der Waals surface area (Å²) >= 11 is 0. The highest BCUT2D eigenvalue weighted by Gasteiger charge is 2.25. The molecule has 0 unspecified atom stereocenters. The molecule has 0 aromatic carbocycles. The summed E-state index contributed by atoms with van der Waals surface area (Å²) in [4.78, 5) is 20.2. The number of rotatable bonds is 1. The number of hydrogen-bond acceptors (Lipinski definition) is 3. The van der Waals surface area contributed by atoms with Gasteiger partial charge in [0.25, 0.3) is 0 Å². The van der Waals surface area contributed by atoms with Crippen molar-refractivity contribution in [1.82, 2.24) is 0 Å². The Balaban J connectivity index is 2.29. The summed E-state index contributed by atoms with van der Waals surface area (Å²) < 4.78 is 0. The van der Waals surface area contributed by atoms with Gasteiger partial charge in [0.1, 0.15) is 0 Å². The molecule has 14 heavy (non-hydrogen) atoms. The molecule has 1 aliphatic heterocycles. The van der Waals surface area contributed by atoms with Crippen LogP contribution in [-0.4, -0.2) is 23.4 Å². The van der Waals surface area contributed by atoms with E-state index in [1.807, 2.05) is 19.9 Å². The molecule has 74 valence electrons. The van der Waals surface area contributed by atoms with Gasteiger partial charge >= 0.3 is 0 Å². The maximum atomic E-state index is 11.6. The quantitative estimate of drug-likeness (QED) is 0.623. The van der Waals surface area contributed by atoms with E-state index in [4.69, 9.17) is 0 Å². The summed E-state index contributed by atoms with van der Waals surface area (Å²) in [5.41, 5.74) is 0.478. The first-order valence-corrected chi connectivity index (χ1v) is 4.97. The fourth-order valence-electron chi connectivity index (χ4n) is 1.65. The van der Waals surface area contributed by atoms with Crippen molar-refractivity contribution in [2.24, 2.45) is 9.98 Å². The number of carbonyl (C=O) groups excluding carboxylic acids is 1. The average Bonchev–Trinajstić information content (AvgIpc) is 2.47. The summed E-state index contributed by atoms with van der Waals surface area (Å²) in [5, 5.41) is 0. The Hall–Kier alpha value is -1.25. The van der Waals surface area contributed by atoms with Crippen molar-refractivity contribution in [2.75, 3.05) is 0 Å². The lowest BCUT2D eigenvalue weighted by atomic mass is 9.97. The molecular formula is C11H14N2O. The zero-order valence-electron chi connectivity index (χ0n) is 8.58. The molecule has 0 saturated heterocycles. The lowest BCUT2D eigenvalue weighted by molar-refractivity contribution is -0.115. The molecule has 3 heteroatoms. The van der Waals surface area contributed by atoms with Crippen LogP contribution in [-0.2, 0) is 4.79 Å². The monoisotopic (exact) mass is 190 g/mol. The van der Waals surface area contributed by atoms with Crippen LogP contribution >= 0.6 is 0 Å². The fraction of sp³-hybridized carbons (Fsp3) is 0.545. The highest BCUT2D eigenvalue weighted by molar-refractivity contribution is 6.25. The van der Waals surface area contributed by atoms with E-state index in [1.54, 1.807) is 6.21 Å². The molecule has 1 heterocycles. The Labute approximate surface area is 83.6 Å². The zero-order chi connectivity index (χ0) is 10.2.